The van der Waals surface area contributed by atoms with Gasteiger partial charge in [-0.2, -0.15) is 0 Å². The summed E-state index contributed by atoms with van der Waals surface area (Å²) in [6.07, 6.45) is 0. The summed E-state index contributed by atoms with van der Waals surface area (Å²) < 4.78 is 20.3. The summed E-state index contributed by atoms with van der Waals surface area (Å²) >= 11 is 0. The molecule has 2 nitrogen and oxygen atoms in total. The molecule has 2 aromatic rings. The van der Waals surface area contributed by atoms with E-state index in [1.54, 1.807) is 0 Å². The Morgan fingerprint density at radius 3 is 1.50 bits per heavy atom. The average molecular weight is 315 g/mol. The Morgan fingerprint density at radius 2 is 1.23 bits per heavy atom. The lowest BCUT2D eigenvalue weighted by Gasteiger charge is -2.43. The molecular weight excluding hydrogens is 290 g/mol. The first-order chi connectivity index (χ1) is 10.3. The van der Waals surface area contributed by atoms with E-state index in [4.69, 9.17) is 4.78 Å². The predicted octanol–water partition coefficient (Wildman–Crippen LogP) is 4.86. The number of hydrogen-bond acceptors (Lipinski definition) is 2. The molecule has 0 aliphatic heterocycles. The SMILES string of the molecule is C[C@@H](C(C)(C)C)C(c1ccccc1)(c1ccccc1)[SH](=N)=O. The molecule has 0 saturated carbocycles. The van der Waals surface area contributed by atoms with Crippen LogP contribution in [0.1, 0.15) is 38.8 Å². The summed E-state index contributed by atoms with van der Waals surface area (Å²) in [7, 11) is -2.20. The molecule has 1 unspecified atom stereocenters. The van der Waals surface area contributed by atoms with E-state index in [0.717, 1.165) is 11.1 Å². The van der Waals surface area contributed by atoms with Gasteiger partial charge in [0.1, 0.15) is 4.75 Å². The summed E-state index contributed by atoms with van der Waals surface area (Å²) in [5, 5.41) is 0. The smallest absolute Gasteiger partial charge is 0.104 e. The molecule has 22 heavy (non-hydrogen) atoms. The minimum Gasteiger partial charge on any atom is -0.254 e. The quantitative estimate of drug-likeness (QED) is 0.778. The molecule has 0 radical (unpaired) electrons. The molecular formula is C19H25NOS. The number of hydrogen-bond donors (Lipinski definition) is 2. The van der Waals surface area contributed by atoms with Crippen molar-refractivity contribution in [2.45, 2.75) is 32.4 Å². The predicted molar refractivity (Wildman–Crippen MR) is 94.5 cm³/mol. The van der Waals surface area contributed by atoms with Crippen molar-refractivity contribution in [3.05, 3.63) is 71.8 Å². The number of benzene rings is 2. The topological polar surface area (TPSA) is 40.9 Å². The Kier molecular flexibility index (Phi) is 4.76. The van der Waals surface area contributed by atoms with Crippen molar-refractivity contribution in [3.8, 4) is 0 Å². The van der Waals surface area contributed by atoms with Gasteiger partial charge >= 0.3 is 0 Å². The third kappa shape index (κ3) is 2.82. The Hall–Kier alpha value is -1.61. The second-order valence-corrected chi connectivity index (χ2v) is 8.17. The molecule has 0 saturated heterocycles. The minimum atomic E-state index is -2.20. The van der Waals surface area contributed by atoms with Gasteiger partial charge in [-0.1, -0.05) is 88.4 Å². The zero-order valence-electron chi connectivity index (χ0n) is 13.7. The molecule has 0 aliphatic rings. The van der Waals surface area contributed by atoms with Crippen molar-refractivity contribution in [2.75, 3.05) is 0 Å². The molecule has 118 valence electrons. The van der Waals surface area contributed by atoms with E-state index in [9.17, 15) is 4.21 Å². The van der Waals surface area contributed by atoms with Crippen molar-refractivity contribution in [1.29, 1.82) is 4.78 Å². The van der Waals surface area contributed by atoms with Gasteiger partial charge in [0.15, 0.2) is 0 Å². The normalized spacial score (nSPS) is 15.3. The number of thiol groups is 1. The van der Waals surface area contributed by atoms with Crippen LogP contribution in [0.3, 0.4) is 0 Å². The van der Waals surface area contributed by atoms with Crippen LogP contribution < -0.4 is 0 Å². The summed E-state index contributed by atoms with van der Waals surface area (Å²) in [4.78, 5) is 0. The lowest BCUT2D eigenvalue weighted by atomic mass is 9.68. The molecule has 0 spiro atoms. The molecule has 0 fully saturated rings. The van der Waals surface area contributed by atoms with E-state index in [2.05, 4.69) is 27.7 Å². The molecule has 0 aliphatic carbocycles. The van der Waals surface area contributed by atoms with Crippen molar-refractivity contribution in [1.82, 2.24) is 0 Å². The van der Waals surface area contributed by atoms with E-state index in [1.807, 2.05) is 60.7 Å². The first kappa shape index (κ1) is 16.8. The molecule has 2 aromatic carbocycles. The van der Waals surface area contributed by atoms with Gasteiger partial charge in [-0.05, 0) is 22.5 Å². The highest BCUT2D eigenvalue weighted by molar-refractivity contribution is 7.75. The molecule has 2 atom stereocenters. The Balaban J connectivity index is 2.83. The van der Waals surface area contributed by atoms with Crippen LogP contribution in [0.2, 0.25) is 0 Å². The van der Waals surface area contributed by atoms with Crippen molar-refractivity contribution in [3.63, 3.8) is 0 Å². The standard InChI is InChI=1S/C19H25NOS/c1-15(18(2,3)4)19(22(20)21,16-11-7-5-8-12-16)17-13-9-6-10-14-17/h5-15,20,22H,1-4H3/t15-/m0/s1. The highest BCUT2D eigenvalue weighted by atomic mass is 32.2. The van der Waals surface area contributed by atoms with Crippen LogP contribution in [-0.2, 0) is 15.3 Å². The minimum absolute atomic E-state index is 0.0471. The van der Waals surface area contributed by atoms with E-state index < -0.39 is 15.3 Å². The molecule has 0 heterocycles. The molecule has 2 rings (SSSR count). The average Bonchev–Trinajstić information content (AvgIpc) is 2.49. The van der Waals surface area contributed by atoms with Crippen molar-refractivity contribution in [2.24, 2.45) is 11.3 Å². The second kappa shape index (κ2) is 6.25. The maximum Gasteiger partial charge on any atom is 0.104 e. The summed E-state index contributed by atoms with van der Waals surface area (Å²) in [6, 6.07) is 19.7. The van der Waals surface area contributed by atoms with Gasteiger partial charge in [0, 0.05) is 10.6 Å². The third-order valence-corrected chi connectivity index (χ3v) is 6.22. The van der Waals surface area contributed by atoms with Crippen molar-refractivity contribution >= 4 is 10.6 Å². The van der Waals surface area contributed by atoms with E-state index in [0.29, 0.717) is 0 Å². The third-order valence-electron chi connectivity index (χ3n) is 4.67. The largest absolute Gasteiger partial charge is 0.254 e. The fourth-order valence-electron chi connectivity index (χ4n) is 3.09. The first-order valence-corrected chi connectivity index (χ1v) is 8.87. The first-order valence-electron chi connectivity index (χ1n) is 7.61. The zero-order chi connectivity index (χ0) is 16.4. The van der Waals surface area contributed by atoms with E-state index in [1.165, 1.54) is 0 Å². The lowest BCUT2D eigenvalue weighted by Crippen LogP contribution is -2.42. The van der Waals surface area contributed by atoms with Crippen LogP contribution in [-0.4, -0.2) is 4.21 Å². The fraction of sp³-hybridized carbons (Fsp3) is 0.368. The van der Waals surface area contributed by atoms with Gasteiger partial charge in [0.05, 0.1) is 0 Å². The number of nitrogens with one attached hydrogen (secondary N) is 1. The molecule has 0 aromatic heterocycles. The van der Waals surface area contributed by atoms with Crippen LogP contribution >= 0.6 is 0 Å². The highest BCUT2D eigenvalue weighted by Crippen LogP contribution is 2.47. The summed E-state index contributed by atoms with van der Waals surface area (Å²) in [6.45, 7) is 8.56. The van der Waals surface area contributed by atoms with Crippen LogP contribution in [0.5, 0.6) is 0 Å². The fourth-order valence-corrected chi connectivity index (χ4v) is 4.59. The summed E-state index contributed by atoms with van der Waals surface area (Å²) in [5.41, 5.74) is 1.84. The van der Waals surface area contributed by atoms with Gasteiger partial charge in [0.25, 0.3) is 0 Å². The Morgan fingerprint density at radius 1 is 0.864 bits per heavy atom. The highest BCUT2D eigenvalue weighted by Gasteiger charge is 2.46. The van der Waals surface area contributed by atoms with Crippen LogP contribution in [0.25, 0.3) is 0 Å². The van der Waals surface area contributed by atoms with Gasteiger partial charge in [-0.15, -0.1) is 0 Å². The van der Waals surface area contributed by atoms with Crippen LogP contribution in [0.4, 0.5) is 0 Å². The Bertz CT molecular complexity index is 637. The maximum atomic E-state index is 12.8. The number of rotatable bonds is 4. The summed E-state index contributed by atoms with van der Waals surface area (Å²) in [5.74, 6) is 0.0471. The monoisotopic (exact) mass is 315 g/mol. The zero-order valence-corrected chi connectivity index (χ0v) is 14.6. The second-order valence-electron chi connectivity index (χ2n) is 6.88. The van der Waals surface area contributed by atoms with E-state index in [-0.39, 0.29) is 11.3 Å². The molecule has 3 heteroatoms. The van der Waals surface area contributed by atoms with Crippen LogP contribution in [0, 0.1) is 16.1 Å². The van der Waals surface area contributed by atoms with Gasteiger partial charge in [-0.3, -0.25) is 8.99 Å². The molecule has 0 amide bonds. The van der Waals surface area contributed by atoms with Gasteiger partial charge < -0.3 is 0 Å². The van der Waals surface area contributed by atoms with Gasteiger partial charge in [-0.25, -0.2) is 0 Å². The van der Waals surface area contributed by atoms with E-state index >= 15 is 0 Å². The molecule has 0 bridgehead atoms. The lowest BCUT2D eigenvalue weighted by molar-refractivity contribution is 0.218. The van der Waals surface area contributed by atoms with Crippen molar-refractivity contribution < 1.29 is 4.21 Å². The van der Waals surface area contributed by atoms with Gasteiger partial charge in [0.2, 0.25) is 0 Å². The maximum absolute atomic E-state index is 12.8. The molecule has 1 N–H and O–H groups in total. The Labute approximate surface area is 135 Å². The van der Waals surface area contributed by atoms with Crippen LogP contribution in [0.15, 0.2) is 60.7 Å².